The molecule has 1 amide bonds. The van der Waals surface area contributed by atoms with Gasteiger partial charge in [-0.3, -0.25) is 14.2 Å². The topological polar surface area (TPSA) is 73.1 Å². The van der Waals surface area contributed by atoms with Crippen molar-refractivity contribution in [3.8, 4) is 11.5 Å². The molecule has 0 radical (unpaired) electrons. The number of aromatic nitrogens is 1. The molecule has 1 aliphatic heterocycles. The van der Waals surface area contributed by atoms with Gasteiger partial charge in [0.1, 0.15) is 0 Å². The summed E-state index contributed by atoms with van der Waals surface area (Å²) in [5, 5.41) is 0.582. The number of carbonyl (C=O) groups excluding carboxylic acids is 1. The molecule has 0 bridgehead atoms. The fourth-order valence-corrected chi connectivity index (χ4v) is 5.72. The Morgan fingerprint density at radius 3 is 2.34 bits per heavy atom. The maximum Gasteiger partial charge on any atom is 0.271 e. The minimum Gasteiger partial charge on any atom is -0.490 e. The number of likely N-dealkylation sites (N-methyl/N-ethyl adjacent to an activating group) is 1. The monoisotopic (exact) mass is 553 g/mol. The SMILES string of the molecule is CCOc1ccc(/C=c2/sc3n(c2=O)[C@@H](c2ccc(Cl)cc2)C(C(=O)N(CC)CC)=C(C)N=3)cc1OCC. The first-order valence-electron chi connectivity index (χ1n) is 12.8. The second-order valence-corrected chi connectivity index (χ2v) is 10.1. The number of thiazole rings is 1. The van der Waals surface area contributed by atoms with Gasteiger partial charge in [0.25, 0.3) is 11.5 Å². The zero-order chi connectivity index (χ0) is 27.4. The molecule has 38 heavy (non-hydrogen) atoms. The van der Waals surface area contributed by atoms with E-state index in [4.69, 9.17) is 26.1 Å². The van der Waals surface area contributed by atoms with Gasteiger partial charge in [0.05, 0.1) is 35.1 Å². The molecule has 3 aromatic rings. The summed E-state index contributed by atoms with van der Waals surface area (Å²) in [4.78, 5) is 34.6. The molecular weight excluding hydrogens is 522 g/mol. The summed E-state index contributed by atoms with van der Waals surface area (Å²) in [7, 11) is 0. The zero-order valence-corrected chi connectivity index (χ0v) is 23.9. The zero-order valence-electron chi connectivity index (χ0n) is 22.3. The van der Waals surface area contributed by atoms with E-state index in [1.165, 1.54) is 11.3 Å². The molecule has 0 spiro atoms. The smallest absolute Gasteiger partial charge is 0.271 e. The standard InChI is InChI=1S/C29H32ClN3O4S/c1-6-32(7-2)28(35)25-18(5)31-29-33(26(25)20-11-13-21(30)14-12-20)27(34)24(38-29)17-19-10-15-22(36-8-3)23(16-19)37-9-4/h10-17,26H,6-9H2,1-5H3/b24-17+/t26-/m0/s1. The van der Waals surface area contributed by atoms with Gasteiger partial charge in [-0.25, -0.2) is 4.99 Å². The van der Waals surface area contributed by atoms with Crippen LogP contribution in [0.15, 0.2) is 63.5 Å². The van der Waals surface area contributed by atoms with Crippen LogP contribution < -0.4 is 24.4 Å². The largest absolute Gasteiger partial charge is 0.490 e. The maximum atomic E-state index is 13.9. The fraction of sp³-hybridized carbons (Fsp3) is 0.345. The number of nitrogens with zero attached hydrogens (tertiary/aromatic N) is 3. The van der Waals surface area contributed by atoms with Gasteiger partial charge in [-0.1, -0.05) is 41.1 Å². The van der Waals surface area contributed by atoms with E-state index >= 15 is 0 Å². The predicted molar refractivity (Wildman–Crippen MR) is 152 cm³/mol. The van der Waals surface area contributed by atoms with Gasteiger partial charge in [-0.05, 0) is 76.1 Å². The summed E-state index contributed by atoms with van der Waals surface area (Å²) in [5.74, 6) is 1.15. The number of hydrogen-bond donors (Lipinski definition) is 0. The van der Waals surface area contributed by atoms with E-state index in [9.17, 15) is 9.59 Å². The molecular formula is C29H32ClN3O4S. The van der Waals surface area contributed by atoms with Crippen molar-refractivity contribution >= 4 is 34.9 Å². The van der Waals surface area contributed by atoms with Crippen LogP contribution in [-0.4, -0.2) is 41.7 Å². The molecule has 2 aromatic carbocycles. The number of benzene rings is 2. The molecule has 1 aliphatic rings. The van der Waals surface area contributed by atoms with Gasteiger partial charge >= 0.3 is 0 Å². The van der Waals surface area contributed by atoms with Crippen molar-refractivity contribution in [3.63, 3.8) is 0 Å². The highest BCUT2D eigenvalue weighted by atomic mass is 35.5. The number of ether oxygens (including phenoxy) is 2. The molecule has 0 unspecified atom stereocenters. The molecule has 0 saturated carbocycles. The summed E-state index contributed by atoms with van der Waals surface area (Å²) >= 11 is 7.47. The van der Waals surface area contributed by atoms with Crippen LogP contribution in [0.4, 0.5) is 0 Å². The van der Waals surface area contributed by atoms with E-state index in [2.05, 4.69) is 0 Å². The molecule has 4 rings (SSSR count). The summed E-state index contributed by atoms with van der Waals surface area (Å²) in [6.45, 7) is 11.7. The maximum absolute atomic E-state index is 13.9. The second kappa shape index (κ2) is 12.0. The van der Waals surface area contributed by atoms with Crippen LogP contribution >= 0.6 is 22.9 Å². The Labute approximate surface area is 231 Å². The van der Waals surface area contributed by atoms with Crippen LogP contribution in [0.3, 0.4) is 0 Å². The van der Waals surface area contributed by atoms with Crippen LogP contribution in [0, 0.1) is 0 Å². The average Bonchev–Trinajstić information content (AvgIpc) is 3.20. The Kier molecular flexibility index (Phi) is 8.74. The Hall–Kier alpha value is -3.36. The van der Waals surface area contributed by atoms with Crippen LogP contribution in [0.5, 0.6) is 11.5 Å². The van der Waals surface area contributed by atoms with Crippen LogP contribution in [0.2, 0.25) is 5.02 Å². The van der Waals surface area contributed by atoms with Crippen LogP contribution in [-0.2, 0) is 4.79 Å². The molecule has 2 heterocycles. The Balaban J connectivity index is 1.90. The number of halogens is 1. The first-order chi connectivity index (χ1) is 18.3. The molecule has 0 N–H and O–H groups in total. The molecule has 0 fully saturated rings. The third-order valence-electron chi connectivity index (χ3n) is 6.35. The van der Waals surface area contributed by atoms with E-state index in [-0.39, 0.29) is 11.5 Å². The Morgan fingerprint density at radius 1 is 1.05 bits per heavy atom. The minimum atomic E-state index is -0.613. The molecule has 0 saturated heterocycles. The van der Waals surface area contributed by atoms with Gasteiger partial charge in [0, 0.05) is 18.1 Å². The van der Waals surface area contributed by atoms with Crippen LogP contribution in [0.25, 0.3) is 6.08 Å². The summed E-state index contributed by atoms with van der Waals surface area (Å²) < 4.78 is 13.6. The van der Waals surface area contributed by atoms with E-state index < -0.39 is 6.04 Å². The lowest BCUT2D eigenvalue weighted by molar-refractivity contribution is -0.127. The normalized spacial score (nSPS) is 15.2. The molecule has 0 aliphatic carbocycles. The van der Waals surface area contributed by atoms with E-state index in [0.717, 1.165) is 11.1 Å². The molecule has 1 atom stereocenters. The van der Waals surface area contributed by atoms with Crippen molar-refractivity contribution in [2.24, 2.45) is 4.99 Å². The minimum absolute atomic E-state index is 0.127. The Morgan fingerprint density at radius 2 is 1.71 bits per heavy atom. The third kappa shape index (κ3) is 5.42. The fourth-order valence-electron chi connectivity index (χ4n) is 4.55. The van der Waals surface area contributed by atoms with Crippen molar-refractivity contribution in [2.45, 2.75) is 40.7 Å². The highest BCUT2D eigenvalue weighted by molar-refractivity contribution is 7.07. The van der Waals surface area contributed by atoms with Gasteiger partial charge in [0.15, 0.2) is 16.3 Å². The van der Waals surface area contributed by atoms with Crippen molar-refractivity contribution < 1.29 is 14.3 Å². The van der Waals surface area contributed by atoms with Crippen molar-refractivity contribution in [2.75, 3.05) is 26.3 Å². The van der Waals surface area contributed by atoms with Crippen molar-refractivity contribution in [1.82, 2.24) is 9.47 Å². The third-order valence-corrected chi connectivity index (χ3v) is 7.59. The average molecular weight is 554 g/mol. The van der Waals surface area contributed by atoms with Crippen LogP contribution in [0.1, 0.15) is 51.8 Å². The molecule has 200 valence electrons. The lowest BCUT2D eigenvalue weighted by Gasteiger charge is -2.29. The number of hydrogen-bond acceptors (Lipinski definition) is 6. The summed E-state index contributed by atoms with van der Waals surface area (Å²) in [6.07, 6.45) is 1.83. The Bertz CT molecular complexity index is 1540. The number of allylic oxidation sites excluding steroid dienone is 1. The lowest BCUT2D eigenvalue weighted by Crippen LogP contribution is -2.43. The quantitative estimate of drug-likeness (QED) is 0.389. The number of fused-ring (bicyclic) bond motifs is 1. The van der Waals surface area contributed by atoms with E-state index in [1.54, 1.807) is 21.6 Å². The van der Waals surface area contributed by atoms with E-state index in [1.807, 2.05) is 71.0 Å². The first-order valence-corrected chi connectivity index (χ1v) is 14.0. The predicted octanol–water partition coefficient (Wildman–Crippen LogP) is 4.55. The number of rotatable bonds is 9. The van der Waals surface area contributed by atoms with E-state index in [0.29, 0.717) is 63.4 Å². The highest BCUT2D eigenvalue weighted by Gasteiger charge is 2.34. The van der Waals surface area contributed by atoms with Crippen molar-refractivity contribution in [1.29, 1.82) is 0 Å². The van der Waals surface area contributed by atoms with Gasteiger partial charge < -0.3 is 14.4 Å². The highest BCUT2D eigenvalue weighted by Crippen LogP contribution is 2.32. The van der Waals surface area contributed by atoms with Gasteiger partial charge in [-0.15, -0.1) is 0 Å². The summed E-state index contributed by atoms with van der Waals surface area (Å²) in [5.41, 5.74) is 2.49. The molecule has 7 nitrogen and oxygen atoms in total. The molecule has 1 aromatic heterocycles. The summed E-state index contributed by atoms with van der Waals surface area (Å²) in [6, 6.07) is 12.3. The molecule has 9 heteroatoms. The first kappa shape index (κ1) is 27.7. The van der Waals surface area contributed by atoms with Crippen molar-refractivity contribution in [3.05, 3.63) is 89.6 Å². The van der Waals surface area contributed by atoms with Gasteiger partial charge in [0.2, 0.25) is 0 Å². The lowest BCUT2D eigenvalue weighted by atomic mass is 9.94. The van der Waals surface area contributed by atoms with Gasteiger partial charge in [-0.2, -0.15) is 0 Å². The number of carbonyl (C=O) groups is 1. The second-order valence-electron chi connectivity index (χ2n) is 8.68. The number of amides is 1.